The molecule has 0 bridgehead atoms. The van der Waals surface area contributed by atoms with E-state index in [-0.39, 0.29) is 6.09 Å². The molecule has 3 rings (SSSR count). The van der Waals surface area contributed by atoms with Crippen molar-refractivity contribution in [2.75, 3.05) is 64.8 Å². The normalized spacial score (nSPS) is 18.8. The van der Waals surface area contributed by atoms with Crippen LogP contribution in [0, 0.1) is 3.57 Å². The molecule has 2 fully saturated rings. The molecule has 0 atom stereocenters. The van der Waals surface area contributed by atoms with Crippen molar-refractivity contribution >= 4 is 46.0 Å². The van der Waals surface area contributed by atoms with E-state index in [1.54, 1.807) is 12.0 Å². The highest BCUT2D eigenvalue weighted by molar-refractivity contribution is 14.1. The van der Waals surface area contributed by atoms with Crippen LogP contribution in [-0.4, -0.2) is 91.9 Å². The molecule has 1 aromatic rings. The summed E-state index contributed by atoms with van der Waals surface area (Å²) in [6.07, 6.45) is -0.198. The van der Waals surface area contributed by atoms with Crippen molar-refractivity contribution in [3.63, 3.8) is 0 Å². The summed E-state index contributed by atoms with van der Waals surface area (Å²) in [5.74, 6) is 0.768. The van der Waals surface area contributed by atoms with Gasteiger partial charge >= 0.3 is 6.09 Å². The van der Waals surface area contributed by atoms with Crippen LogP contribution in [0.5, 0.6) is 5.75 Å². The topological polar surface area (TPSA) is 57.3 Å². The van der Waals surface area contributed by atoms with Crippen LogP contribution in [0.15, 0.2) is 12.1 Å². The molecule has 2 saturated heterocycles. The maximum Gasteiger partial charge on any atom is 0.410 e. The monoisotopic (exact) mass is 550 g/mol. The summed E-state index contributed by atoms with van der Waals surface area (Å²) in [5.41, 5.74) is 0.539. The molecule has 0 spiro atoms. The third-order valence-corrected chi connectivity index (χ3v) is 6.95. The Hall–Kier alpha value is -0.970. The van der Waals surface area contributed by atoms with E-state index >= 15 is 0 Å². The van der Waals surface area contributed by atoms with E-state index in [2.05, 4.69) is 37.7 Å². The number of ether oxygens (including phenoxy) is 2. The SMILES string of the molecule is COc1cc(Cl)c(I)cc1NCCN1CCN(C2CN(C(=O)OC(C)(C)C)C2)CC1. The fourth-order valence-electron chi connectivity index (χ4n) is 3.70. The zero-order valence-electron chi connectivity index (χ0n) is 18.2. The lowest BCUT2D eigenvalue weighted by Crippen LogP contribution is -2.64. The van der Waals surface area contributed by atoms with Crippen LogP contribution in [0.4, 0.5) is 10.5 Å². The number of likely N-dealkylation sites (tertiary alicyclic amines) is 1. The van der Waals surface area contributed by atoms with Gasteiger partial charge in [-0.25, -0.2) is 4.79 Å². The number of rotatable bonds is 6. The van der Waals surface area contributed by atoms with Crippen LogP contribution >= 0.6 is 34.2 Å². The van der Waals surface area contributed by atoms with Gasteiger partial charge in [-0.3, -0.25) is 9.80 Å². The van der Waals surface area contributed by atoms with Crippen LogP contribution < -0.4 is 10.1 Å². The first-order valence-corrected chi connectivity index (χ1v) is 11.8. The highest BCUT2D eigenvalue weighted by atomic mass is 127. The van der Waals surface area contributed by atoms with Gasteiger partial charge in [0.15, 0.2) is 0 Å². The Morgan fingerprint density at radius 2 is 1.90 bits per heavy atom. The number of amides is 1. The number of anilines is 1. The Kier molecular flexibility index (Phi) is 7.97. The minimum absolute atomic E-state index is 0.198. The van der Waals surface area contributed by atoms with Crippen LogP contribution in [0.25, 0.3) is 0 Å². The minimum atomic E-state index is -0.434. The van der Waals surface area contributed by atoms with E-state index in [1.165, 1.54) is 0 Å². The first-order chi connectivity index (χ1) is 14.2. The summed E-state index contributed by atoms with van der Waals surface area (Å²) in [6, 6.07) is 4.33. The summed E-state index contributed by atoms with van der Waals surface area (Å²) in [5, 5.41) is 4.17. The van der Waals surface area contributed by atoms with Crippen LogP contribution in [0.1, 0.15) is 20.8 Å². The zero-order chi connectivity index (χ0) is 21.9. The van der Waals surface area contributed by atoms with E-state index in [9.17, 15) is 4.79 Å². The molecule has 0 aliphatic carbocycles. The molecular weight excluding hydrogens is 519 g/mol. The molecule has 0 aromatic heterocycles. The van der Waals surface area contributed by atoms with Crippen molar-refractivity contribution in [3.8, 4) is 5.75 Å². The summed E-state index contributed by atoms with van der Waals surface area (Å²) < 4.78 is 11.9. The number of carbonyl (C=O) groups is 1. The van der Waals surface area contributed by atoms with Gasteiger partial charge in [-0.15, -0.1) is 0 Å². The van der Waals surface area contributed by atoms with Gasteiger partial charge in [0.1, 0.15) is 11.4 Å². The summed E-state index contributed by atoms with van der Waals surface area (Å²) in [6.45, 7) is 13.2. The molecule has 1 aromatic carbocycles. The zero-order valence-corrected chi connectivity index (χ0v) is 21.1. The summed E-state index contributed by atoms with van der Waals surface area (Å²) in [7, 11) is 1.66. The van der Waals surface area contributed by atoms with Crippen molar-refractivity contribution in [3.05, 3.63) is 20.7 Å². The number of hydrogen-bond acceptors (Lipinski definition) is 6. The quantitative estimate of drug-likeness (QED) is 0.547. The van der Waals surface area contributed by atoms with Gasteiger partial charge in [-0.1, -0.05) is 11.6 Å². The molecule has 1 amide bonds. The molecule has 7 nitrogen and oxygen atoms in total. The number of hydrogen-bond donors (Lipinski definition) is 1. The standard InChI is InChI=1S/C21H32ClIN4O3/c1-21(2,3)30-20(28)27-13-15(14-27)26-9-7-25(8-10-26)6-5-24-18-12-17(23)16(22)11-19(18)29-4/h11-12,15,24H,5-10,13-14H2,1-4H3. The van der Waals surface area contributed by atoms with Crippen LogP contribution in [0.2, 0.25) is 5.02 Å². The first-order valence-electron chi connectivity index (χ1n) is 10.4. The molecule has 0 unspecified atom stereocenters. The van der Waals surface area contributed by atoms with E-state index in [1.807, 2.05) is 32.9 Å². The van der Waals surface area contributed by atoms with E-state index in [4.69, 9.17) is 21.1 Å². The summed E-state index contributed by atoms with van der Waals surface area (Å²) in [4.78, 5) is 18.9. The highest BCUT2D eigenvalue weighted by Gasteiger charge is 2.37. The molecule has 2 aliphatic heterocycles. The third kappa shape index (κ3) is 6.27. The lowest BCUT2D eigenvalue weighted by molar-refractivity contribution is -0.0244. The van der Waals surface area contributed by atoms with Crippen LogP contribution in [0.3, 0.4) is 0 Å². The first kappa shape index (κ1) is 23.7. The van der Waals surface area contributed by atoms with Crippen molar-refractivity contribution in [2.45, 2.75) is 32.4 Å². The Morgan fingerprint density at radius 1 is 1.23 bits per heavy atom. The van der Waals surface area contributed by atoms with Gasteiger partial charge in [-0.05, 0) is 49.4 Å². The lowest BCUT2D eigenvalue weighted by Gasteiger charge is -2.48. The second-order valence-corrected chi connectivity index (χ2v) is 10.4. The second kappa shape index (κ2) is 10.1. The van der Waals surface area contributed by atoms with Crippen molar-refractivity contribution in [1.82, 2.24) is 14.7 Å². The third-order valence-electron chi connectivity index (χ3n) is 5.42. The highest BCUT2D eigenvalue weighted by Crippen LogP contribution is 2.32. The Labute approximate surface area is 198 Å². The molecule has 1 N–H and O–H groups in total. The Bertz CT molecular complexity index is 745. The molecule has 30 heavy (non-hydrogen) atoms. The average Bonchev–Trinajstić information content (AvgIpc) is 2.63. The number of nitrogens with zero attached hydrogens (tertiary/aromatic N) is 3. The molecule has 168 valence electrons. The number of methoxy groups -OCH3 is 1. The molecule has 2 aliphatic rings. The largest absolute Gasteiger partial charge is 0.495 e. The van der Waals surface area contributed by atoms with Gasteiger partial charge in [0.25, 0.3) is 0 Å². The number of benzene rings is 1. The summed E-state index contributed by atoms with van der Waals surface area (Å²) >= 11 is 8.40. The van der Waals surface area contributed by atoms with Gasteiger partial charge in [0.05, 0.1) is 17.8 Å². The molecule has 0 radical (unpaired) electrons. The lowest BCUT2D eigenvalue weighted by atomic mass is 10.1. The van der Waals surface area contributed by atoms with E-state index in [0.717, 1.165) is 67.4 Å². The van der Waals surface area contributed by atoms with Crippen molar-refractivity contribution in [1.29, 1.82) is 0 Å². The van der Waals surface area contributed by atoms with E-state index in [0.29, 0.717) is 11.1 Å². The second-order valence-electron chi connectivity index (χ2n) is 8.81. The number of nitrogens with one attached hydrogen (secondary N) is 1. The van der Waals surface area contributed by atoms with Crippen molar-refractivity contribution in [2.24, 2.45) is 0 Å². The maximum absolute atomic E-state index is 12.1. The predicted molar refractivity (Wildman–Crippen MR) is 129 cm³/mol. The number of halogens is 2. The smallest absolute Gasteiger partial charge is 0.410 e. The Morgan fingerprint density at radius 3 is 2.50 bits per heavy atom. The Balaban J connectivity index is 1.36. The predicted octanol–water partition coefficient (Wildman–Crippen LogP) is 3.60. The van der Waals surface area contributed by atoms with Gasteiger partial charge < -0.3 is 19.7 Å². The number of piperazine rings is 1. The van der Waals surface area contributed by atoms with E-state index < -0.39 is 5.60 Å². The fourth-order valence-corrected chi connectivity index (χ4v) is 4.32. The van der Waals surface area contributed by atoms with Gasteiger partial charge in [0, 0.05) is 68.0 Å². The average molecular weight is 551 g/mol. The maximum atomic E-state index is 12.1. The molecule has 2 heterocycles. The fraction of sp³-hybridized carbons (Fsp3) is 0.667. The minimum Gasteiger partial charge on any atom is -0.495 e. The van der Waals surface area contributed by atoms with Gasteiger partial charge in [-0.2, -0.15) is 0 Å². The number of carbonyl (C=O) groups excluding carboxylic acids is 1. The van der Waals surface area contributed by atoms with Crippen LogP contribution in [-0.2, 0) is 4.74 Å². The molecular formula is C21H32ClIN4O3. The molecule has 0 saturated carbocycles. The van der Waals surface area contributed by atoms with Gasteiger partial charge in [0.2, 0.25) is 0 Å². The van der Waals surface area contributed by atoms with Crippen molar-refractivity contribution < 1.29 is 14.3 Å². The molecule has 9 heteroatoms.